The van der Waals surface area contributed by atoms with E-state index in [1.807, 2.05) is 6.07 Å². The molecule has 31 heavy (non-hydrogen) atoms. The molecule has 3 heterocycles. The molecule has 3 rings (SSSR count). The lowest BCUT2D eigenvalue weighted by Crippen LogP contribution is -2.55. The molecule has 0 aromatic carbocycles. The van der Waals surface area contributed by atoms with Gasteiger partial charge in [-0.05, 0) is 44.5 Å². The highest BCUT2D eigenvalue weighted by molar-refractivity contribution is 6.03. The number of pyridine rings is 2. The Morgan fingerprint density at radius 2 is 2.10 bits per heavy atom. The molecule has 0 aliphatic carbocycles. The van der Waals surface area contributed by atoms with Crippen molar-refractivity contribution < 1.29 is 22.7 Å². The summed E-state index contributed by atoms with van der Waals surface area (Å²) in [7, 11) is 0. The monoisotopic (exact) mass is 432 g/mol. The number of anilines is 1. The maximum atomic E-state index is 13.7. The van der Waals surface area contributed by atoms with Gasteiger partial charge < -0.3 is 15.8 Å². The molecule has 1 amide bonds. The van der Waals surface area contributed by atoms with Gasteiger partial charge in [0, 0.05) is 6.20 Å². The van der Waals surface area contributed by atoms with E-state index in [0.717, 1.165) is 0 Å². The molecule has 2 aromatic rings. The smallest absolute Gasteiger partial charge is 0.385 e. The zero-order valence-corrected chi connectivity index (χ0v) is 16.9. The van der Waals surface area contributed by atoms with Crippen molar-refractivity contribution in [2.75, 3.05) is 5.32 Å². The first kappa shape index (κ1) is 22.2. The molecule has 8 nitrogen and oxygen atoms in total. The van der Waals surface area contributed by atoms with Crippen molar-refractivity contribution in [3.63, 3.8) is 0 Å². The van der Waals surface area contributed by atoms with Gasteiger partial charge in [0.25, 0.3) is 5.91 Å². The predicted molar refractivity (Wildman–Crippen MR) is 105 cm³/mol. The van der Waals surface area contributed by atoms with Crippen LogP contribution in [-0.2, 0) is 10.3 Å². The SMILES string of the molecule is Cc1cc(C#N)cnc1C(=O)Nc1cccc(C2(C)N=C(N)C(C)OC2C(F)(F)F)n1. The van der Waals surface area contributed by atoms with E-state index in [9.17, 15) is 18.0 Å². The number of nitrogens with two attached hydrogens (primary N) is 1. The Morgan fingerprint density at radius 3 is 2.71 bits per heavy atom. The third-order valence-corrected chi connectivity index (χ3v) is 4.86. The molecule has 0 saturated carbocycles. The summed E-state index contributed by atoms with van der Waals surface area (Å²) in [5, 5.41) is 11.4. The number of aliphatic imine (C=N–C) groups is 1. The molecule has 1 aliphatic rings. The van der Waals surface area contributed by atoms with Gasteiger partial charge in [0.15, 0.2) is 6.10 Å². The number of carbonyl (C=O) groups is 1. The standard InChI is InChI=1S/C20H19F3N6O2/c1-10-7-12(8-24)9-26-15(10)17(30)28-14-6-4-5-13(27-14)19(3)18(20(21,22)23)31-11(2)16(25)29-19/h4-7,9,11,18H,1-3H3,(H2,25,29)(H,27,28,30). The molecule has 0 saturated heterocycles. The van der Waals surface area contributed by atoms with Crippen LogP contribution in [0.25, 0.3) is 0 Å². The van der Waals surface area contributed by atoms with Crippen LogP contribution in [0.4, 0.5) is 19.0 Å². The predicted octanol–water partition coefficient (Wildman–Crippen LogP) is 2.83. The number of alkyl halides is 3. The Hall–Kier alpha value is -3.52. The lowest BCUT2D eigenvalue weighted by atomic mass is 9.88. The van der Waals surface area contributed by atoms with Gasteiger partial charge in [-0.2, -0.15) is 18.4 Å². The van der Waals surface area contributed by atoms with E-state index in [1.54, 1.807) is 6.92 Å². The highest BCUT2D eigenvalue weighted by atomic mass is 19.4. The van der Waals surface area contributed by atoms with Gasteiger partial charge in [-0.3, -0.25) is 9.79 Å². The minimum absolute atomic E-state index is 0.00241. The van der Waals surface area contributed by atoms with Crippen LogP contribution in [0.1, 0.15) is 41.2 Å². The zero-order chi connectivity index (χ0) is 23.0. The molecule has 3 atom stereocenters. The van der Waals surface area contributed by atoms with Gasteiger partial charge in [0.05, 0.1) is 11.3 Å². The fraction of sp³-hybridized carbons (Fsp3) is 0.350. The summed E-state index contributed by atoms with van der Waals surface area (Å²) >= 11 is 0. The van der Waals surface area contributed by atoms with Crippen molar-refractivity contribution in [1.82, 2.24) is 9.97 Å². The van der Waals surface area contributed by atoms with Gasteiger partial charge in [-0.15, -0.1) is 0 Å². The topological polar surface area (TPSA) is 126 Å². The van der Waals surface area contributed by atoms with Crippen LogP contribution in [-0.4, -0.2) is 40.1 Å². The fourth-order valence-corrected chi connectivity index (χ4v) is 3.25. The highest BCUT2D eigenvalue weighted by Crippen LogP contribution is 2.42. The molecule has 11 heteroatoms. The number of nitrogens with zero attached hydrogens (tertiary/aromatic N) is 4. The number of carbonyl (C=O) groups excluding carboxylic acids is 1. The lowest BCUT2D eigenvalue weighted by molar-refractivity contribution is -0.248. The molecule has 1 aliphatic heterocycles. The molecule has 162 valence electrons. The molecule has 2 aromatic heterocycles. The molecule has 0 fully saturated rings. The van der Waals surface area contributed by atoms with Crippen LogP contribution in [0.2, 0.25) is 0 Å². The minimum Gasteiger partial charge on any atom is -0.385 e. The van der Waals surface area contributed by atoms with Crippen LogP contribution in [0, 0.1) is 18.3 Å². The molecular weight excluding hydrogens is 413 g/mol. The lowest BCUT2D eigenvalue weighted by Gasteiger charge is -2.40. The minimum atomic E-state index is -4.72. The maximum absolute atomic E-state index is 13.7. The van der Waals surface area contributed by atoms with Gasteiger partial charge >= 0.3 is 6.18 Å². The molecule has 3 unspecified atom stereocenters. The van der Waals surface area contributed by atoms with Crippen molar-refractivity contribution in [3.05, 3.63) is 53.0 Å². The van der Waals surface area contributed by atoms with Crippen LogP contribution < -0.4 is 11.1 Å². The van der Waals surface area contributed by atoms with Crippen LogP contribution >= 0.6 is 0 Å². The van der Waals surface area contributed by atoms with Crippen molar-refractivity contribution in [2.45, 2.75) is 44.7 Å². The Labute approximate surface area is 176 Å². The quantitative estimate of drug-likeness (QED) is 0.768. The zero-order valence-electron chi connectivity index (χ0n) is 16.9. The number of amidine groups is 1. The number of amides is 1. The molecular formula is C20H19F3N6O2. The molecule has 0 spiro atoms. The largest absolute Gasteiger partial charge is 0.417 e. The summed E-state index contributed by atoms with van der Waals surface area (Å²) in [6.45, 7) is 4.22. The van der Waals surface area contributed by atoms with E-state index >= 15 is 0 Å². The van der Waals surface area contributed by atoms with Gasteiger partial charge in [0.1, 0.15) is 35.1 Å². The van der Waals surface area contributed by atoms with E-state index in [1.165, 1.54) is 44.3 Å². The number of hydrogen-bond donors (Lipinski definition) is 2. The maximum Gasteiger partial charge on any atom is 0.417 e. The normalized spacial score (nSPS) is 23.6. The van der Waals surface area contributed by atoms with Crippen molar-refractivity contribution >= 4 is 17.6 Å². The third kappa shape index (κ3) is 4.34. The number of hydrogen-bond acceptors (Lipinski definition) is 7. The fourth-order valence-electron chi connectivity index (χ4n) is 3.25. The summed E-state index contributed by atoms with van der Waals surface area (Å²) < 4.78 is 46.2. The first-order chi connectivity index (χ1) is 14.5. The van der Waals surface area contributed by atoms with Crippen LogP contribution in [0.5, 0.6) is 0 Å². The highest BCUT2D eigenvalue weighted by Gasteiger charge is 2.57. The second-order valence-electron chi connectivity index (χ2n) is 7.25. The van der Waals surface area contributed by atoms with E-state index < -0.39 is 29.8 Å². The summed E-state index contributed by atoms with van der Waals surface area (Å²) in [5.41, 5.74) is 4.55. The number of aromatic nitrogens is 2. The molecule has 0 bridgehead atoms. The Bertz CT molecular complexity index is 1100. The van der Waals surface area contributed by atoms with Crippen molar-refractivity contribution in [3.8, 4) is 6.07 Å². The average molecular weight is 432 g/mol. The van der Waals surface area contributed by atoms with Gasteiger partial charge in [-0.25, -0.2) is 9.97 Å². The van der Waals surface area contributed by atoms with Crippen LogP contribution in [0.3, 0.4) is 0 Å². The van der Waals surface area contributed by atoms with Crippen LogP contribution in [0.15, 0.2) is 35.5 Å². The Morgan fingerprint density at radius 1 is 1.39 bits per heavy atom. The van der Waals surface area contributed by atoms with E-state index in [2.05, 4.69) is 20.3 Å². The number of nitrogens with one attached hydrogen (secondary N) is 1. The summed E-state index contributed by atoms with van der Waals surface area (Å²) in [6.07, 6.45) is -6.76. The van der Waals surface area contributed by atoms with Gasteiger partial charge in [-0.1, -0.05) is 6.07 Å². The van der Waals surface area contributed by atoms with E-state index in [0.29, 0.717) is 11.1 Å². The number of rotatable bonds is 3. The molecule has 3 N–H and O–H groups in total. The van der Waals surface area contributed by atoms with Gasteiger partial charge in [0.2, 0.25) is 0 Å². The summed E-state index contributed by atoms with van der Waals surface area (Å²) in [4.78, 5) is 24.8. The van der Waals surface area contributed by atoms with Crippen molar-refractivity contribution in [1.29, 1.82) is 5.26 Å². The average Bonchev–Trinajstić information content (AvgIpc) is 2.69. The van der Waals surface area contributed by atoms with E-state index in [4.69, 9.17) is 15.7 Å². The summed E-state index contributed by atoms with van der Waals surface area (Å²) in [6, 6.07) is 7.64. The second-order valence-corrected chi connectivity index (χ2v) is 7.25. The first-order valence-corrected chi connectivity index (χ1v) is 9.18. The van der Waals surface area contributed by atoms with E-state index in [-0.39, 0.29) is 23.0 Å². The van der Waals surface area contributed by atoms with Crippen molar-refractivity contribution in [2.24, 2.45) is 10.7 Å². The number of halogens is 3. The second kappa shape index (κ2) is 7.96. The number of ether oxygens (including phenoxy) is 1. The third-order valence-electron chi connectivity index (χ3n) is 4.86. The number of aryl methyl sites for hydroxylation is 1. The Balaban J connectivity index is 1.95. The number of nitriles is 1. The summed E-state index contributed by atoms with van der Waals surface area (Å²) in [5.74, 6) is -0.708. The first-order valence-electron chi connectivity index (χ1n) is 9.18. The molecule has 0 radical (unpaired) electrons. The Kier molecular flexibility index (Phi) is 5.69.